The Hall–Kier alpha value is -2.34. The van der Waals surface area contributed by atoms with E-state index in [-0.39, 0.29) is 0 Å². The number of aromatic amines is 1. The van der Waals surface area contributed by atoms with Crippen LogP contribution in [0.4, 0.5) is 5.82 Å². The molecule has 3 rings (SSSR count). The number of fused-ring (bicyclic) bond motifs is 1. The van der Waals surface area contributed by atoms with Crippen molar-refractivity contribution in [3.8, 4) is 17.0 Å². The van der Waals surface area contributed by atoms with Gasteiger partial charge in [-0.05, 0) is 13.0 Å². The fourth-order valence-corrected chi connectivity index (χ4v) is 2.32. The predicted molar refractivity (Wildman–Crippen MR) is 82.8 cm³/mol. The van der Waals surface area contributed by atoms with Gasteiger partial charge in [0.1, 0.15) is 11.4 Å². The number of ether oxygens (including phenoxy) is 1. The number of hydrogen-bond donors (Lipinski definition) is 2. The van der Waals surface area contributed by atoms with Crippen molar-refractivity contribution in [3.63, 3.8) is 0 Å². The van der Waals surface area contributed by atoms with Gasteiger partial charge < -0.3 is 10.1 Å². The number of aromatic nitrogens is 4. The number of rotatable bonds is 4. The summed E-state index contributed by atoms with van der Waals surface area (Å²) in [6.07, 6.45) is 3.49. The summed E-state index contributed by atoms with van der Waals surface area (Å²) in [7, 11) is 1.57. The zero-order valence-corrected chi connectivity index (χ0v) is 12.4. The van der Waals surface area contributed by atoms with Crippen LogP contribution in [0.2, 0.25) is 5.02 Å². The Morgan fingerprint density at radius 3 is 2.76 bits per heavy atom. The van der Waals surface area contributed by atoms with Gasteiger partial charge in [-0.1, -0.05) is 11.6 Å². The molecule has 0 aliphatic rings. The molecule has 3 aromatic rings. The van der Waals surface area contributed by atoms with Crippen LogP contribution in [0.25, 0.3) is 22.3 Å². The number of anilines is 1. The minimum Gasteiger partial charge on any atom is -0.495 e. The lowest BCUT2D eigenvalue weighted by Crippen LogP contribution is -2.03. The minimum absolute atomic E-state index is 0.508. The summed E-state index contributed by atoms with van der Waals surface area (Å²) < 4.78 is 5.22. The Bertz CT molecular complexity index is 773. The lowest BCUT2D eigenvalue weighted by Gasteiger charge is -2.11. The fourth-order valence-electron chi connectivity index (χ4n) is 2.09. The van der Waals surface area contributed by atoms with Gasteiger partial charge in [0.15, 0.2) is 5.82 Å². The van der Waals surface area contributed by atoms with E-state index in [1.165, 1.54) is 0 Å². The molecule has 0 aliphatic heterocycles. The van der Waals surface area contributed by atoms with Crippen molar-refractivity contribution in [2.24, 2.45) is 0 Å². The van der Waals surface area contributed by atoms with Crippen LogP contribution < -0.4 is 10.1 Å². The summed E-state index contributed by atoms with van der Waals surface area (Å²) in [4.78, 5) is 9.26. The number of nitrogens with one attached hydrogen (secondary N) is 2. The monoisotopic (exact) mass is 303 g/mol. The predicted octanol–water partition coefficient (Wildman–Crippen LogP) is 3.11. The lowest BCUT2D eigenvalue weighted by molar-refractivity contribution is 0.415. The minimum atomic E-state index is 0.508. The van der Waals surface area contributed by atoms with Crippen LogP contribution in [0.1, 0.15) is 6.92 Å². The van der Waals surface area contributed by atoms with Gasteiger partial charge in [-0.25, -0.2) is 9.97 Å². The van der Waals surface area contributed by atoms with Gasteiger partial charge in [0.2, 0.25) is 0 Å². The molecule has 0 fully saturated rings. The van der Waals surface area contributed by atoms with Gasteiger partial charge in [0, 0.05) is 24.4 Å². The maximum Gasteiger partial charge on any atom is 0.153 e. The molecular weight excluding hydrogens is 290 g/mol. The van der Waals surface area contributed by atoms with E-state index in [0.29, 0.717) is 22.1 Å². The highest BCUT2D eigenvalue weighted by Crippen LogP contribution is 2.32. The number of halogens is 1. The molecule has 0 saturated carbocycles. The van der Waals surface area contributed by atoms with E-state index in [2.05, 4.69) is 25.5 Å². The van der Waals surface area contributed by atoms with Gasteiger partial charge in [-0.3, -0.25) is 5.10 Å². The van der Waals surface area contributed by atoms with Crippen LogP contribution in [-0.2, 0) is 0 Å². The molecule has 0 spiro atoms. The molecule has 2 aromatic heterocycles. The first-order chi connectivity index (χ1) is 10.2. The zero-order chi connectivity index (χ0) is 14.8. The van der Waals surface area contributed by atoms with Crippen molar-refractivity contribution in [1.29, 1.82) is 0 Å². The van der Waals surface area contributed by atoms with Crippen molar-refractivity contribution in [3.05, 3.63) is 29.5 Å². The second-order valence-corrected chi connectivity index (χ2v) is 4.82. The van der Waals surface area contributed by atoms with Crippen LogP contribution in [0.15, 0.2) is 24.5 Å². The van der Waals surface area contributed by atoms with E-state index in [1.807, 2.05) is 6.92 Å². The summed E-state index contributed by atoms with van der Waals surface area (Å²) in [5, 5.41) is 10.5. The maximum absolute atomic E-state index is 6.15. The van der Waals surface area contributed by atoms with Crippen molar-refractivity contribution in [1.82, 2.24) is 20.2 Å². The van der Waals surface area contributed by atoms with E-state index in [1.54, 1.807) is 31.6 Å². The van der Waals surface area contributed by atoms with Gasteiger partial charge >= 0.3 is 0 Å². The molecule has 21 heavy (non-hydrogen) atoms. The van der Waals surface area contributed by atoms with Crippen molar-refractivity contribution in [2.45, 2.75) is 6.92 Å². The summed E-state index contributed by atoms with van der Waals surface area (Å²) in [6.45, 7) is 2.75. The first kappa shape index (κ1) is 13.6. The third-order valence-electron chi connectivity index (χ3n) is 3.05. The molecule has 0 bridgehead atoms. The van der Waals surface area contributed by atoms with Gasteiger partial charge in [0.25, 0.3) is 0 Å². The number of benzene rings is 1. The Morgan fingerprint density at radius 1 is 1.29 bits per heavy atom. The van der Waals surface area contributed by atoms with Gasteiger partial charge in [-0.15, -0.1) is 0 Å². The molecule has 2 N–H and O–H groups in total. The van der Waals surface area contributed by atoms with Crippen molar-refractivity contribution >= 4 is 28.5 Å². The highest BCUT2D eigenvalue weighted by molar-refractivity contribution is 6.32. The van der Waals surface area contributed by atoms with Gasteiger partial charge in [-0.2, -0.15) is 5.10 Å². The molecule has 6 nitrogen and oxygen atoms in total. The van der Waals surface area contributed by atoms with Crippen LogP contribution in [-0.4, -0.2) is 33.8 Å². The highest BCUT2D eigenvalue weighted by Gasteiger charge is 2.13. The number of H-pyrrole nitrogens is 1. The van der Waals surface area contributed by atoms with E-state index >= 15 is 0 Å². The normalized spacial score (nSPS) is 10.8. The van der Waals surface area contributed by atoms with Gasteiger partial charge in [0.05, 0.1) is 29.4 Å². The van der Waals surface area contributed by atoms with Crippen molar-refractivity contribution in [2.75, 3.05) is 19.0 Å². The Kier molecular flexibility index (Phi) is 3.62. The molecule has 0 atom stereocenters. The van der Waals surface area contributed by atoms with Crippen molar-refractivity contribution < 1.29 is 4.74 Å². The second-order valence-electron chi connectivity index (χ2n) is 4.41. The summed E-state index contributed by atoms with van der Waals surface area (Å²) in [5.41, 5.74) is 3.03. The summed E-state index contributed by atoms with van der Waals surface area (Å²) in [5.74, 6) is 1.28. The third kappa shape index (κ3) is 2.50. The molecule has 0 amide bonds. The van der Waals surface area contributed by atoms with Crippen LogP contribution in [0.3, 0.4) is 0 Å². The molecule has 7 heteroatoms. The number of hydrogen-bond acceptors (Lipinski definition) is 5. The van der Waals surface area contributed by atoms with E-state index in [4.69, 9.17) is 16.3 Å². The van der Waals surface area contributed by atoms with Crippen LogP contribution >= 0.6 is 11.6 Å². The lowest BCUT2D eigenvalue weighted by atomic mass is 10.2. The largest absolute Gasteiger partial charge is 0.495 e. The molecule has 0 unspecified atom stereocenters. The smallest absolute Gasteiger partial charge is 0.153 e. The average molecular weight is 304 g/mol. The highest BCUT2D eigenvalue weighted by atomic mass is 35.5. The molecular formula is C14H14ClN5O. The molecule has 0 aliphatic carbocycles. The second kappa shape index (κ2) is 5.57. The maximum atomic E-state index is 6.15. The van der Waals surface area contributed by atoms with E-state index in [9.17, 15) is 0 Å². The first-order valence-corrected chi connectivity index (χ1v) is 6.89. The fraction of sp³-hybridized carbons (Fsp3) is 0.214. The molecule has 0 saturated heterocycles. The molecule has 1 aromatic carbocycles. The zero-order valence-electron chi connectivity index (χ0n) is 11.6. The Balaban J connectivity index is 2.24. The topological polar surface area (TPSA) is 75.7 Å². The average Bonchev–Trinajstić information content (AvgIpc) is 3.00. The number of nitrogens with zero attached hydrogens (tertiary/aromatic N) is 3. The SMILES string of the molecule is CCNc1nc2cc(OC)c(Cl)cc2nc1-c1cn[nH]c1. The number of methoxy groups -OCH3 is 1. The standard InChI is InChI=1S/C14H14ClN5O/c1-3-16-14-13(8-6-17-18-7-8)19-10-4-9(15)12(21-2)5-11(10)20-14/h4-7H,3H2,1-2H3,(H,16,20)(H,17,18). The van der Waals surface area contributed by atoms with Crippen LogP contribution in [0.5, 0.6) is 5.75 Å². The third-order valence-corrected chi connectivity index (χ3v) is 3.35. The molecule has 2 heterocycles. The Labute approximate surface area is 126 Å². The molecule has 0 radical (unpaired) electrons. The molecule has 108 valence electrons. The van der Waals surface area contributed by atoms with E-state index < -0.39 is 0 Å². The first-order valence-electron chi connectivity index (χ1n) is 6.51. The summed E-state index contributed by atoms with van der Waals surface area (Å²) >= 11 is 6.15. The van der Waals surface area contributed by atoms with Crippen LogP contribution in [0, 0.1) is 0 Å². The quantitative estimate of drug-likeness (QED) is 0.774. The Morgan fingerprint density at radius 2 is 2.10 bits per heavy atom. The summed E-state index contributed by atoms with van der Waals surface area (Å²) in [6, 6.07) is 3.53. The van der Waals surface area contributed by atoms with E-state index in [0.717, 1.165) is 23.3 Å².